The van der Waals surface area contributed by atoms with E-state index >= 15 is 0 Å². The van der Waals surface area contributed by atoms with Crippen LogP contribution in [0.3, 0.4) is 0 Å². The van der Waals surface area contributed by atoms with Gasteiger partial charge < -0.3 is 19.4 Å². The second-order valence-corrected chi connectivity index (χ2v) is 6.54. The predicted octanol–water partition coefficient (Wildman–Crippen LogP) is 2.72. The normalized spacial score (nSPS) is 12.1. The molecule has 5 nitrogen and oxygen atoms in total. The first-order chi connectivity index (χ1) is 12.6. The highest BCUT2D eigenvalue weighted by molar-refractivity contribution is 5.84. The minimum atomic E-state index is 0.0956. The first-order valence-electron chi connectivity index (χ1n) is 8.74. The Bertz CT molecular complexity index is 874. The number of benzene rings is 2. The molecule has 0 aliphatic heterocycles. The van der Waals surface area contributed by atoms with E-state index in [1.165, 1.54) is 0 Å². The molecule has 0 radical (unpaired) electrons. The van der Waals surface area contributed by atoms with E-state index in [-0.39, 0.29) is 11.9 Å². The molecule has 2 aromatic carbocycles. The number of nitrogens with two attached hydrogens (primary N) is 1. The Morgan fingerprint density at radius 3 is 2.69 bits per heavy atom. The van der Waals surface area contributed by atoms with Gasteiger partial charge in [0.2, 0.25) is 0 Å². The number of rotatable bonds is 7. The molecule has 0 aliphatic carbocycles. The summed E-state index contributed by atoms with van der Waals surface area (Å²) in [5.74, 6) is 1.82. The lowest BCUT2D eigenvalue weighted by atomic mass is 10.1. The zero-order valence-electron chi connectivity index (χ0n) is 15.4. The number of furan rings is 1. The fourth-order valence-electron chi connectivity index (χ4n) is 2.96. The van der Waals surface area contributed by atoms with Gasteiger partial charge >= 0.3 is 0 Å². The highest BCUT2D eigenvalue weighted by Gasteiger charge is 2.16. The number of fused-ring (bicyclic) bond motifs is 1. The highest BCUT2D eigenvalue weighted by Crippen LogP contribution is 2.22. The van der Waals surface area contributed by atoms with Crippen LogP contribution in [0.5, 0.6) is 5.75 Å². The van der Waals surface area contributed by atoms with Crippen LogP contribution in [0.4, 0.5) is 0 Å². The third-order valence-electron chi connectivity index (χ3n) is 4.60. The lowest BCUT2D eigenvalue weighted by Gasteiger charge is -2.18. The van der Waals surface area contributed by atoms with Crippen molar-refractivity contribution in [1.82, 2.24) is 4.90 Å². The summed E-state index contributed by atoms with van der Waals surface area (Å²) in [4.78, 5) is 14.2. The number of methoxy groups -OCH3 is 1. The Balaban J connectivity index is 1.59. The number of hydrogen-bond donors (Lipinski definition) is 1. The predicted molar refractivity (Wildman–Crippen MR) is 101 cm³/mol. The van der Waals surface area contributed by atoms with Crippen molar-refractivity contribution in [3.05, 3.63) is 66.1 Å². The van der Waals surface area contributed by atoms with Crippen molar-refractivity contribution in [3.8, 4) is 5.75 Å². The molecule has 2 N–H and O–H groups in total. The van der Waals surface area contributed by atoms with Crippen LogP contribution >= 0.6 is 0 Å². The van der Waals surface area contributed by atoms with E-state index in [9.17, 15) is 4.79 Å². The number of quaternary nitrogens is 1. The summed E-state index contributed by atoms with van der Waals surface area (Å²) in [6, 6.07) is 16.2. The van der Waals surface area contributed by atoms with Crippen LogP contribution in [0.2, 0.25) is 0 Å². The van der Waals surface area contributed by atoms with Crippen LogP contribution in [0, 0.1) is 0 Å². The molecule has 0 saturated carbocycles. The van der Waals surface area contributed by atoms with Gasteiger partial charge in [-0.15, -0.1) is 0 Å². The maximum atomic E-state index is 12.4. The summed E-state index contributed by atoms with van der Waals surface area (Å²) in [5, 5.41) is 4.26. The molecule has 136 valence electrons. The smallest absolute Gasteiger partial charge is 0.277 e. The summed E-state index contributed by atoms with van der Waals surface area (Å²) in [5.41, 5.74) is 1.11. The van der Waals surface area contributed by atoms with Crippen LogP contribution < -0.4 is 10.1 Å². The second kappa shape index (κ2) is 8.06. The number of likely N-dealkylation sites (N-methyl/N-ethyl adjacent to an activating group) is 1. The Hall–Kier alpha value is -2.79. The van der Waals surface area contributed by atoms with Crippen molar-refractivity contribution >= 4 is 16.7 Å². The van der Waals surface area contributed by atoms with Gasteiger partial charge in [-0.3, -0.25) is 4.79 Å². The van der Waals surface area contributed by atoms with E-state index in [2.05, 4.69) is 18.2 Å². The molecule has 0 bridgehead atoms. The average molecular weight is 353 g/mol. The van der Waals surface area contributed by atoms with Gasteiger partial charge in [0.15, 0.2) is 12.3 Å². The average Bonchev–Trinajstić information content (AvgIpc) is 3.20. The standard InChI is InChI=1S/C21H24N2O3/c1-15(20-5-4-10-26-20)22-13-21(24)23(2)14-16-6-7-18-12-19(25-3)9-8-17(18)11-16/h4-12,15,22H,13-14H2,1-3H3/p+1/t15-/m0/s1. The molecule has 0 fully saturated rings. The summed E-state index contributed by atoms with van der Waals surface area (Å²) in [6.07, 6.45) is 1.66. The number of carbonyl (C=O) groups is 1. The van der Waals surface area contributed by atoms with Crippen LogP contribution in [-0.2, 0) is 11.3 Å². The summed E-state index contributed by atoms with van der Waals surface area (Å²) < 4.78 is 10.6. The molecule has 26 heavy (non-hydrogen) atoms. The number of ether oxygens (including phenoxy) is 1. The van der Waals surface area contributed by atoms with Gasteiger partial charge in [-0.25, -0.2) is 0 Å². The SMILES string of the molecule is COc1ccc2cc(CN(C)C(=O)C[NH2+][C@@H](C)c3ccco3)ccc2c1. The van der Waals surface area contributed by atoms with E-state index in [1.54, 1.807) is 18.3 Å². The second-order valence-electron chi connectivity index (χ2n) is 6.54. The summed E-state index contributed by atoms with van der Waals surface area (Å²) >= 11 is 0. The van der Waals surface area contributed by atoms with Gasteiger partial charge in [-0.05, 0) is 53.6 Å². The molecular weight excluding hydrogens is 328 g/mol. The fourth-order valence-corrected chi connectivity index (χ4v) is 2.96. The molecule has 5 heteroatoms. The van der Waals surface area contributed by atoms with Gasteiger partial charge in [0.05, 0.1) is 13.4 Å². The number of nitrogens with zero attached hydrogens (tertiary/aromatic N) is 1. The van der Waals surface area contributed by atoms with Crippen molar-refractivity contribution in [2.75, 3.05) is 20.7 Å². The van der Waals surface area contributed by atoms with Crippen molar-refractivity contribution in [1.29, 1.82) is 0 Å². The lowest BCUT2D eigenvalue weighted by molar-refractivity contribution is -0.685. The number of hydrogen-bond acceptors (Lipinski definition) is 3. The molecule has 1 heterocycles. The van der Waals surface area contributed by atoms with E-state index < -0.39 is 0 Å². The zero-order chi connectivity index (χ0) is 18.5. The molecule has 0 unspecified atom stereocenters. The molecule has 0 saturated heterocycles. The number of carbonyl (C=O) groups excluding carboxylic acids is 1. The van der Waals surface area contributed by atoms with Gasteiger partial charge in [-0.2, -0.15) is 0 Å². The lowest BCUT2D eigenvalue weighted by Crippen LogP contribution is -2.86. The molecule has 0 aliphatic rings. The topological polar surface area (TPSA) is 59.3 Å². The van der Waals surface area contributed by atoms with Crippen molar-refractivity contribution in [2.24, 2.45) is 0 Å². The van der Waals surface area contributed by atoms with Crippen LogP contribution in [-0.4, -0.2) is 31.5 Å². The Kier molecular flexibility index (Phi) is 5.58. The zero-order valence-corrected chi connectivity index (χ0v) is 15.4. The Morgan fingerprint density at radius 1 is 1.19 bits per heavy atom. The third-order valence-corrected chi connectivity index (χ3v) is 4.60. The number of amides is 1. The maximum absolute atomic E-state index is 12.4. The highest BCUT2D eigenvalue weighted by atomic mass is 16.5. The Labute approximate surface area is 153 Å². The van der Waals surface area contributed by atoms with Gasteiger partial charge in [0.25, 0.3) is 5.91 Å². The molecule has 1 aromatic heterocycles. The molecule has 3 aromatic rings. The summed E-state index contributed by atoms with van der Waals surface area (Å²) in [7, 11) is 3.51. The summed E-state index contributed by atoms with van der Waals surface area (Å²) in [6.45, 7) is 3.01. The molecule has 1 amide bonds. The molecule has 0 spiro atoms. The van der Waals surface area contributed by atoms with Gasteiger partial charge in [0.1, 0.15) is 11.8 Å². The molecular formula is C21H25N2O3+. The minimum Gasteiger partial charge on any atom is -0.497 e. The monoisotopic (exact) mass is 353 g/mol. The maximum Gasteiger partial charge on any atom is 0.277 e. The first-order valence-corrected chi connectivity index (χ1v) is 8.74. The van der Waals surface area contributed by atoms with Crippen molar-refractivity contribution in [3.63, 3.8) is 0 Å². The van der Waals surface area contributed by atoms with Crippen LogP contribution in [0.1, 0.15) is 24.3 Å². The molecule has 1 atom stereocenters. The van der Waals surface area contributed by atoms with Crippen LogP contribution in [0.25, 0.3) is 10.8 Å². The first kappa shape index (κ1) is 18.0. The van der Waals surface area contributed by atoms with E-state index in [4.69, 9.17) is 9.15 Å². The largest absolute Gasteiger partial charge is 0.497 e. The van der Waals surface area contributed by atoms with E-state index in [1.807, 2.05) is 49.6 Å². The van der Waals surface area contributed by atoms with E-state index in [0.29, 0.717) is 13.1 Å². The molecule has 3 rings (SSSR count). The quantitative estimate of drug-likeness (QED) is 0.710. The Morgan fingerprint density at radius 2 is 1.96 bits per heavy atom. The van der Waals surface area contributed by atoms with E-state index in [0.717, 1.165) is 27.8 Å². The van der Waals surface area contributed by atoms with Gasteiger partial charge in [0, 0.05) is 13.6 Å². The minimum absolute atomic E-state index is 0.0956. The van der Waals surface area contributed by atoms with Crippen molar-refractivity contribution in [2.45, 2.75) is 19.5 Å². The van der Waals surface area contributed by atoms with Gasteiger partial charge in [-0.1, -0.05) is 18.2 Å². The fraction of sp³-hybridized carbons (Fsp3) is 0.286. The van der Waals surface area contributed by atoms with Crippen molar-refractivity contribution < 1.29 is 19.3 Å². The third kappa shape index (κ3) is 4.24. The van der Waals surface area contributed by atoms with Crippen LogP contribution in [0.15, 0.2) is 59.2 Å².